The molecule has 0 N–H and O–H groups in total. The van der Waals surface area contributed by atoms with Gasteiger partial charge in [0, 0.05) is 5.88 Å². The molecule has 0 bridgehead atoms. The summed E-state index contributed by atoms with van der Waals surface area (Å²) in [6, 6.07) is 5.76. The predicted octanol–water partition coefficient (Wildman–Crippen LogP) is 2.52. The lowest BCUT2D eigenvalue weighted by Crippen LogP contribution is -2.18. The van der Waals surface area contributed by atoms with Crippen LogP contribution in [-0.2, 0) is 19.7 Å². The first-order valence-corrected chi connectivity index (χ1v) is 10.2. The molecule has 0 radical (unpaired) electrons. The fraction of sp³-hybridized carbons (Fsp3) is 0.538. The summed E-state index contributed by atoms with van der Waals surface area (Å²) in [6.45, 7) is 3.46. The maximum absolute atomic E-state index is 12.4. The van der Waals surface area contributed by atoms with Crippen LogP contribution < -0.4 is 0 Å². The smallest absolute Gasteiger partial charge is 0.179 e. The third kappa shape index (κ3) is 4.20. The van der Waals surface area contributed by atoms with Gasteiger partial charge in [0.05, 0.1) is 21.3 Å². The molecule has 0 aliphatic heterocycles. The van der Waals surface area contributed by atoms with Crippen molar-refractivity contribution in [2.45, 2.75) is 30.1 Å². The van der Waals surface area contributed by atoms with Gasteiger partial charge in [0.25, 0.3) is 0 Å². The van der Waals surface area contributed by atoms with Crippen molar-refractivity contribution < 1.29 is 16.8 Å². The monoisotopic (exact) mass is 338 g/mol. The van der Waals surface area contributed by atoms with Crippen molar-refractivity contribution in [2.75, 3.05) is 17.4 Å². The van der Waals surface area contributed by atoms with E-state index in [9.17, 15) is 16.8 Å². The van der Waals surface area contributed by atoms with Gasteiger partial charge in [-0.05, 0) is 24.5 Å². The zero-order valence-corrected chi connectivity index (χ0v) is 13.9. The lowest BCUT2D eigenvalue weighted by Gasteiger charge is -2.13. The summed E-state index contributed by atoms with van der Waals surface area (Å²) >= 11 is 5.64. The van der Waals surface area contributed by atoms with Crippen LogP contribution in [0.2, 0.25) is 0 Å². The lowest BCUT2D eigenvalue weighted by molar-refractivity contribution is 0.574. The molecule has 0 saturated heterocycles. The number of sulfone groups is 2. The Bertz CT molecular complexity index is 651. The van der Waals surface area contributed by atoms with Gasteiger partial charge in [-0.2, -0.15) is 0 Å². The van der Waals surface area contributed by atoms with Crippen molar-refractivity contribution in [3.8, 4) is 0 Å². The van der Waals surface area contributed by atoms with Crippen LogP contribution in [0.15, 0.2) is 34.1 Å². The number of hydrogen-bond acceptors (Lipinski definition) is 4. The maximum Gasteiger partial charge on any atom is 0.179 e. The highest BCUT2D eigenvalue weighted by molar-refractivity contribution is 7.94. The molecule has 20 heavy (non-hydrogen) atoms. The van der Waals surface area contributed by atoms with Gasteiger partial charge in [0.2, 0.25) is 0 Å². The minimum Gasteiger partial charge on any atom is -0.224 e. The van der Waals surface area contributed by atoms with E-state index in [2.05, 4.69) is 0 Å². The Morgan fingerprint density at radius 2 is 1.55 bits per heavy atom. The number of benzene rings is 1. The summed E-state index contributed by atoms with van der Waals surface area (Å²) in [6.07, 6.45) is 0.439. The minimum absolute atomic E-state index is 0.0649. The first-order valence-electron chi connectivity index (χ1n) is 6.35. The third-order valence-corrected chi connectivity index (χ3v) is 7.42. The van der Waals surface area contributed by atoms with Crippen LogP contribution in [0.1, 0.15) is 20.3 Å². The van der Waals surface area contributed by atoms with Crippen molar-refractivity contribution in [2.24, 2.45) is 5.92 Å². The first kappa shape index (κ1) is 17.5. The molecule has 1 aromatic carbocycles. The molecule has 0 amide bonds. The van der Waals surface area contributed by atoms with Gasteiger partial charge in [0.1, 0.15) is 0 Å². The Kier molecular flexibility index (Phi) is 6.04. The van der Waals surface area contributed by atoms with Crippen LogP contribution in [0.4, 0.5) is 0 Å². The Morgan fingerprint density at radius 1 is 1.05 bits per heavy atom. The van der Waals surface area contributed by atoms with E-state index in [4.69, 9.17) is 11.6 Å². The van der Waals surface area contributed by atoms with E-state index < -0.39 is 19.7 Å². The SMILES string of the molecule is CCCS(=O)(=O)c1ccccc1S(=O)(=O)CC(C)CCl. The highest BCUT2D eigenvalue weighted by atomic mass is 35.5. The largest absolute Gasteiger partial charge is 0.224 e. The summed E-state index contributed by atoms with van der Waals surface area (Å²) in [4.78, 5) is -0.228. The van der Waals surface area contributed by atoms with Gasteiger partial charge in [-0.25, -0.2) is 16.8 Å². The van der Waals surface area contributed by atoms with Crippen LogP contribution in [0, 0.1) is 5.92 Å². The molecule has 114 valence electrons. The Labute approximate surface area is 126 Å². The summed E-state index contributed by atoms with van der Waals surface area (Å²) in [5, 5.41) is 0. The van der Waals surface area contributed by atoms with Gasteiger partial charge >= 0.3 is 0 Å². The second-order valence-electron chi connectivity index (χ2n) is 4.81. The van der Waals surface area contributed by atoms with E-state index in [-0.39, 0.29) is 33.1 Å². The van der Waals surface area contributed by atoms with E-state index in [1.165, 1.54) is 24.3 Å². The van der Waals surface area contributed by atoms with Crippen LogP contribution in [-0.4, -0.2) is 34.2 Å². The average molecular weight is 339 g/mol. The topological polar surface area (TPSA) is 68.3 Å². The highest BCUT2D eigenvalue weighted by Crippen LogP contribution is 2.24. The van der Waals surface area contributed by atoms with E-state index in [1.807, 2.05) is 0 Å². The first-order chi connectivity index (χ1) is 9.24. The standard InChI is InChI=1S/C13H19ClO4S2/c1-3-8-19(15,16)12-6-4-5-7-13(12)20(17,18)10-11(2)9-14/h4-7,11H,3,8-10H2,1-2H3. The van der Waals surface area contributed by atoms with Crippen molar-refractivity contribution in [1.82, 2.24) is 0 Å². The van der Waals surface area contributed by atoms with Gasteiger partial charge in [-0.3, -0.25) is 0 Å². The molecule has 0 fully saturated rings. The van der Waals surface area contributed by atoms with Gasteiger partial charge < -0.3 is 0 Å². The molecule has 0 aliphatic rings. The van der Waals surface area contributed by atoms with Gasteiger partial charge in [-0.15, -0.1) is 11.6 Å². The van der Waals surface area contributed by atoms with Gasteiger partial charge in [0.15, 0.2) is 19.7 Å². The van der Waals surface area contributed by atoms with Crippen LogP contribution in [0.3, 0.4) is 0 Å². The Morgan fingerprint density at radius 3 is 2.00 bits per heavy atom. The molecular weight excluding hydrogens is 320 g/mol. The summed E-state index contributed by atoms with van der Waals surface area (Å²) < 4.78 is 49.0. The Balaban J connectivity index is 3.34. The summed E-state index contributed by atoms with van der Waals surface area (Å²) in [5.74, 6) is -0.244. The predicted molar refractivity (Wildman–Crippen MR) is 80.7 cm³/mol. The molecule has 1 rings (SSSR count). The quantitative estimate of drug-likeness (QED) is 0.716. The van der Waals surface area contributed by atoms with Crippen molar-refractivity contribution in [3.05, 3.63) is 24.3 Å². The molecule has 1 aromatic rings. The van der Waals surface area contributed by atoms with E-state index in [0.717, 1.165) is 0 Å². The number of halogens is 1. The van der Waals surface area contributed by atoms with Crippen LogP contribution in [0.25, 0.3) is 0 Å². The minimum atomic E-state index is -3.67. The average Bonchev–Trinajstić information content (AvgIpc) is 2.38. The zero-order chi connectivity index (χ0) is 15.4. The second-order valence-corrected chi connectivity index (χ2v) is 9.20. The van der Waals surface area contributed by atoms with E-state index in [0.29, 0.717) is 6.42 Å². The normalized spacial score (nSPS) is 14.2. The van der Waals surface area contributed by atoms with Crippen molar-refractivity contribution in [1.29, 1.82) is 0 Å². The third-order valence-electron chi connectivity index (χ3n) is 2.76. The molecular formula is C13H19ClO4S2. The fourth-order valence-electron chi connectivity index (χ4n) is 1.85. The summed E-state index contributed by atoms with van der Waals surface area (Å²) in [7, 11) is -7.25. The molecule has 0 spiro atoms. The van der Waals surface area contributed by atoms with E-state index in [1.54, 1.807) is 13.8 Å². The summed E-state index contributed by atoms with van der Waals surface area (Å²) in [5.41, 5.74) is 0. The second kappa shape index (κ2) is 6.91. The molecule has 1 unspecified atom stereocenters. The molecule has 0 heterocycles. The molecule has 0 saturated carbocycles. The van der Waals surface area contributed by atoms with Crippen LogP contribution in [0.5, 0.6) is 0 Å². The highest BCUT2D eigenvalue weighted by Gasteiger charge is 2.26. The fourth-order valence-corrected chi connectivity index (χ4v) is 5.98. The van der Waals surface area contributed by atoms with E-state index >= 15 is 0 Å². The number of hydrogen-bond donors (Lipinski definition) is 0. The molecule has 0 aromatic heterocycles. The molecule has 4 nitrogen and oxygen atoms in total. The van der Waals surface area contributed by atoms with Crippen molar-refractivity contribution >= 4 is 31.3 Å². The zero-order valence-electron chi connectivity index (χ0n) is 11.5. The van der Waals surface area contributed by atoms with Crippen LogP contribution >= 0.6 is 11.6 Å². The van der Waals surface area contributed by atoms with Gasteiger partial charge in [-0.1, -0.05) is 26.0 Å². The molecule has 0 aliphatic carbocycles. The Hall–Kier alpha value is -0.590. The maximum atomic E-state index is 12.4. The number of alkyl halides is 1. The van der Waals surface area contributed by atoms with Crippen molar-refractivity contribution in [3.63, 3.8) is 0 Å². The molecule has 7 heteroatoms. The lowest BCUT2D eigenvalue weighted by atomic mass is 10.3. The number of rotatable bonds is 7. The molecule has 1 atom stereocenters.